The van der Waals surface area contributed by atoms with Gasteiger partial charge in [-0.05, 0) is 88.7 Å². The van der Waals surface area contributed by atoms with Gasteiger partial charge in [-0.25, -0.2) is 8.42 Å². The maximum Gasteiger partial charge on any atom is 0.211 e. The fraction of sp³-hybridized carbons (Fsp3) is 0.300. The van der Waals surface area contributed by atoms with E-state index in [2.05, 4.69) is 30.9 Å². The SMILES string of the molecule is Cc1ccc(S(=O)(=O)C(C)(C)C(=O)c2ccc3c(c2)C=CC2(O3)N(C)c3ccccc3C2(C)C)cc1. The van der Waals surface area contributed by atoms with Crippen molar-refractivity contribution in [2.45, 2.75) is 55.4 Å². The summed E-state index contributed by atoms with van der Waals surface area (Å²) in [4.78, 5) is 15.8. The maximum atomic E-state index is 13.5. The summed E-state index contributed by atoms with van der Waals surface area (Å²) in [5.41, 5.74) is 3.31. The standard InChI is InChI=1S/C30H31NO4S/c1-20-11-14-23(15-12-20)36(33,34)29(4,5)27(32)22-13-16-26-21(19-22)17-18-30(35-26)28(2,3)24-9-7-8-10-25(24)31(30)6/h7-19H,1-6H3. The van der Waals surface area contributed by atoms with Crippen LogP contribution in [0.1, 0.15) is 54.7 Å². The fourth-order valence-corrected chi connectivity index (χ4v) is 6.85. The van der Waals surface area contributed by atoms with Crippen LogP contribution in [0.15, 0.2) is 77.7 Å². The smallest absolute Gasteiger partial charge is 0.211 e. The Morgan fingerprint density at radius 1 is 0.972 bits per heavy atom. The second kappa shape index (κ2) is 7.81. The summed E-state index contributed by atoms with van der Waals surface area (Å²) in [6.07, 6.45) is 4.01. The molecule has 36 heavy (non-hydrogen) atoms. The highest BCUT2D eigenvalue weighted by Gasteiger charge is 2.57. The van der Waals surface area contributed by atoms with Gasteiger partial charge in [0, 0.05) is 23.9 Å². The Kier molecular flexibility index (Phi) is 5.27. The summed E-state index contributed by atoms with van der Waals surface area (Å²) >= 11 is 0. The van der Waals surface area contributed by atoms with Crippen molar-refractivity contribution in [3.8, 4) is 5.75 Å². The number of anilines is 1. The van der Waals surface area contributed by atoms with Gasteiger partial charge in [0.2, 0.25) is 5.72 Å². The van der Waals surface area contributed by atoms with Crippen molar-refractivity contribution in [3.63, 3.8) is 0 Å². The minimum absolute atomic E-state index is 0.139. The van der Waals surface area contributed by atoms with Crippen molar-refractivity contribution in [2.75, 3.05) is 11.9 Å². The number of para-hydroxylation sites is 1. The Morgan fingerprint density at radius 3 is 2.31 bits per heavy atom. The number of aryl methyl sites for hydroxylation is 1. The molecule has 5 nitrogen and oxygen atoms in total. The fourth-order valence-electron chi connectivity index (χ4n) is 5.40. The summed E-state index contributed by atoms with van der Waals surface area (Å²) in [7, 11) is -1.87. The Hall–Kier alpha value is -3.38. The largest absolute Gasteiger partial charge is 0.463 e. The molecule has 2 aliphatic rings. The number of rotatable bonds is 4. The van der Waals surface area contributed by atoms with Crippen molar-refractivity contribution in [1.82, 2.24) is 0 Å². The number of nitrogens with zero attached hydrogens (tertiary/aromatic N) is 1. The molecule has 6 heteroatoms. The number of hydrogen-bond acceptors (Lipinski definition) is 5. The molecule has 1 unspecified atom stereocenters. The molecular formula is C30H31NO4S. The molecule has 0 saturated carbocycles. The first kappa shape index (κ1) is 24.3. The molecule has 186 valence electrons. The minimum atomic E-state index is -3.90. The van der Waals surface area contributed by atoms with Crippen molar-refractivity contribution in [2.24, 2.45) is 0 Å². The number of ketones is 1. The molecule has 2 heterocycles. The molecule has 1 spiro atoms. The first-order valence-corrected chi connectivity index (χ1v) is 13.5. The van der Waals surface area contributed by atoms with E-state index in [1.165, 1.54) is 19.4 Å². The lowest BCUT2D eigenvalue weighted by Gasteiger charge is -2.45. The zero-order chi connectivity index (χ0) is 26.1. The third-order valence-electron chi connectivity index (χ3n) is 7.91. The highest BCUT2D eigenvalue weighted by molar-refractivity contribution is 7.93. The van der Waals surface area contributed by atoms with Crippen LogP contribution in [0.3, 0.4) is 0 Å². The van der Waals surface area contributed by atoms with Crippen LogP contribution >= 0.6 is 0 Å². The quantitative estimate of drug-likeness (QED) is 0.413. The lowest BCUT2D eigenvalue weighted by atomic mass is 9.76. The highest BCUT2D eigenvalue weighted by Crippen LogP contribution is 2.54. The number of likely N-dealkylation sites (N-methyl/N-ethyl adjacent to an activating group) is 1. The van der Waals surface area contributed by atoms with E-state index in [1.807, 2.05) is 38.3 Å². The second-order valence-corrected chi connectivity index (χ2v) is 13.2. The highest BCUT2D eigenvalue weighted by atomic mass is 32.2. The van der Waals surface area contributed by atoms with Gasteiger partial charge in [0.05, 0.1) is 10.3 Å². The molecule has 0 aromatic heterocycles. The topological polar surface area (TPSA) is 63.7 Å². The summed E-state index contributed by atoms with van der Waals surface area (Å²) < 4.78 is 31.8. The summed E-state index contributed by atoms with van der Waals surface area (Å²) in [6, 6.07) is 20.0. The van der Waals surface area contributed by atoms with Gasteiger partial charge in [-0.1, -0.05) is 35.9 Å². The van der Waals surface area contributed by atoms with Gasteiger partial charge in [-0.2, -0.15) is 0 Å². The van der Waals surface area contributed by atoms with Crippen LogP contribution in [-0.2, 0) is 15.3 Å². The lowest BCUT2D eigenvalue weighted by Crippen LogP contribution is -2.58. The predicted molar refractivity (Wildman–Crippen MR) is 143 cm³/mol. The van der Waals surface area contributed by atoms with Crippen LogP contribution in [0.2, 0.25) is 0 Å². The van der Waals surface area contributed by atoms with Gasteiger partial charge in [0.25, 0.3) is 0 Å². The van der Waals surface area contributed by atoms with Crippen molar-refractivity contribution in [1.29, 1.82) is 0 Å². The van der Waals surface area contributed by atoms with Crippen LogP contribution in [0.4, 0.5) is 5.69 Å². The third kappa shape index (κ3) is 3.20. The number of fused-ring (bicyclic) bond motifs is 2. The molecule has 0 aliphatic carbocycles. The average Bonchev–Trinajstić information content (AvgIpc) is 3.01. The van der Waals surface area contributed by atoms with Gasteiger partial charge >= 0.3 is 0 Å². The number of carbonyl (C=O) groups is 1. The van der Waals surface area contributed by atoms with Gasteiger partial charge in [-0.3, -0.25) is 4.79 Å². The van der Waals surface area contributed by atoms with Gasteiger partial charge in [0.15, 0.2) is 15.6 Å². The number of Topliss-reactive ketones (excluding diaryl/α,β-unsaturated/α-hetero) is 1. The molecule has 0 N–H and O–H groups in total. The van der Waals surface area contributed by atoms with Gasteiger partial charge in [0.1, 0.15) is 10.5 Å². The van der Waals surface area contributed by atoms with Gasteiger partial charge in [-0.15, -0.1) is 0 Å². The molecule has 5 rings (SSSR count). The molecule has 0 saturated heterocycles. The van der Waals surface area contributed by atoms with Crippen LogP contribution in [-0.4, -0.2) is 31.7 Å². The summed E-state index contributed by atoms with van der Waals surface area (Å²) in [5.74, 6) is 0.200. The number of ether oxygens (including phenoxy) is 1. The summed E-state index contributed by atoms with van der Waals surface area (Å²) in [5, 5.41) is 0. The van der Waals surface area contributed by atoms with E-state index in [0.717, 1.165) is 16.8 Å². The van der Waals surface area contributed by atoms with Gasteiger partial charge < -0.3 is 9.64 Å². The Morgan fingerprint density at radius 2 is 1.64 bits per heavy atom. The Bertz CT molecular complexity index is 1520. The van der Waals surface area contributed by atoms with E-state index < -0.39 is 26.1 Å². The normalized spacial score (nSPS) is 20.1. The number of hydrogen-bond donors (Lipinski definition) is 0. The lowest BCUT2D eigenvalue weighted by molar-refractivity contribution is 0.0581. The number of carbonyl (C=O) groups excluding carboxylic acids is 1. The monoisotopic (exact) mass is 501 g/mol. The predicted octanol–water partition coefficient (Wildman–Crippen LogP) is 5.96. The van der Waals surface area contributed by atoms with E-state index in [4.69, 9.17) is 4.74 Å². The van der Waals surface area contributed by atoms with E-state index in [9.17, 15) is 13.2 Å². The minimum Gasteiger partial charge on any atom is -0.463 e. The Balaban J connectivity index is 1.49. The Labute approximate surface area is 213 Å². The zero-order valence-electron chi connectivity index (χ0n) is 21.5. The molecule has 3 aromatic carbocycles. The molecule has 2 aliphatic heterocycles. The second-order valence-electron chi connectivity index (χ2n) is 10.7. The average molecular weight is 502 g/mol. The first-order chi connectivity index (χ1) is 16.8. The third-order valence-corrected chi connectivity index (χ3v) is 10.3. The van der Waals surface area contributed by atoms with E-state index in [0.29, 0.717) is 11.3 Å². The summed E-state index contributed by atoms with van der Waals surface area (Å²) in [6.45, 7) is 9.17. The van der Waals surface area contributed by atoms with Crippen molar-refractivity contribution >= 4 is 27.4 Å². The van der Waals surface area contributed by atoms with E-state index in [-0.39, 0.29) is 10.3 Å². The molecular weight excluding hydrogens is 470 g/mol. The maximum absolute atomic E-state index is 13.5. The molecule has 0 amide bonds. The zero-order valence-corrected chi connectivity index (χ0v) is 22.3. The molecule has 0 fully saturated rings. The first-order valence-electron chi connectivity index (χ1n) is 12.0. The molecule has 1 atom stereocenters. The van der Waals surface area contributed by atoms with Crippen LogP contribution in [0.5, 0.6) is 5.75 Å². The van der Waals surface area contributed by atoms with Crippen LogP contribution < -0.4 is 9.64 Å². The molecule has 3 aromatic rings. The molecule has 0 radical (unpaired) electrons. The van der Waals surface area contributed by atoms with Crippen LogP contribution in [0.25, 0.3) is 6.08 Å². The van der Waals surface area contributed by atoms with Crippen LogP contribution in [0, 0.1) is 6.92 Å². The van der Waals surface area contributed by atoms with E-state index in [1.54, 1.807) is 42.5 Å². The van der Waals surface area contributed by atoms with Crippen molar-refractivity contribution in [3.05, 3.63) is 95.1 Å². The number of sulfone groups is 1. The molecule has 0 bridgehead atoms. The van der Waals surface area contributed by atoms with Crippen molar-refractivity contribution < 1.29 is 17.9 Å². The number of benzene rings is 3. The van der Waals surface area contributed by atoms with E-state index >= 15 is 0 Å².